The summed E-state index contributed by atoms with van der Waals surface area (Å²) in [5.74, 6) is 0.974. The summed E-state index contributed by atoms with van der Waals surface area (Å²) in [7, 11) is 6.67. The SMILES string of the molecule is COCCCN(C)C(=O)C1CCC(=O)N(c2ccc(OC)cc2)C1c1ccccc1OC. The average Bonchev–Trinajstić information content (AvgIpc) is 2.83. The number of methoxy groups -OCH3 is 3. The van der Waals surface area contributed by atoms with Crippen molar-refractivity contribution >= 4 is 17.5 Å². The molecular weight excluding hydrogens is 408 g/mol. The molecule has 2 aromatic rings. The van der Waals surface area contributed by atoms with Crippen molar-refractivity contribution in [3.8, 4) is 11.5 Å². The van der Waals surface area contributed by atoms with Crippen LogP contribution in [0.4, 0.5) is 5.69 Å². The smallest absolute Gasteiger partial charge is 0.227 e. The van der Waals surface area contributed by atoms with Crippen LogP contribution in [0.25, 0.3) is 0 Å². The van der Waals surface area contributed by atoms with E-state index in [1.54, 1.807) is 31.1 Å². The van der Waals surface area contributed by atoms with Crippen LogP contribution in [0.2, 0.25) is 0 Å². The molecule has 1 aliphatic rings. The summed E-state index contributed by atoms with van der Waals surface area (Å²) in [6.45, 7) is 1.19. The van der Waals surface area contributed by atoms with E-state index in [1.165, 1.54) is 0 Å². The minimum Gasteiger partial charge on any atom is -0.497 e. The van der Waals surface area contributed by atoms with Crippen molar-refractivity contribution in [2.24, 2.45) is 5.92 Å². The number of rotatable bonds is 9. The molecule has 0 radical (unpaired) electrons. The Balaban J connectivity index is 2.03. The molecule has 172 valence electrons. The van der Waals surface area contributed by atoms with Crippen LogP contribution in [-0.4, -0.2) is 58.2 Å². The van der Waals surface area contributed by atoms with Gasteiger partial charge in [0.2, 0.25) is 11.8 Å². The number of benzene rings is 2. The van der Waals surface area contributed by atoms with Gasteiger partial charge in [-0.1, -0.05) is 18.2 Å². The van der Waals surface area contributed by atoms with Gasteiger partial charge in [-0.25, -0.2) is 0 Å². The number of carbonyl (C=O) groups is 2. The van der Waals surface area contributed by atoms with E-state index in [4.69, 9.17) is 14.2 Å². The third kappa shape index (κ3) is 5.05. The summed E-state index contributed by atoms with van der Waals surface area (Å²) < 4.78 is 16.0. The van der Waals surface area contributed by atoms with E-state index < -0.39 is 12.0 Å². The Kier molecular flexibility index (Phi) is 8.11. The Hall–Kier alpha value is -3.06. The van der Waals surface area contributed by atoms with Gasteiger partial charge in [0.15, 0.2) is 0 Å². The van der Waals surface area contributed by atoms with Crippen LogP contribution in [0.5, 0.6) is 11.5 Å². The molecule has 1 heterocycles. The van der Waals surface area contributed by atoms with Gasteiger partial charge in [0.25, 0.3) is 0 Å². The molecule has 0 saturated carbocycles. The highest BCUT2D eigenvalue weighted by Crippen LogP contribution is 2.43. The predicted octanol–water partition coefficient (Wildman–Crippen LogP) is 3.68. The van der Waals surface area contributed by atoms with E-state index >= 15 is 0 Å². The van der Waals surface area contributed by atoms with Gasteiger partial charge in [-0.15, -0.1) is 0 Å². The molecule has 2 aromatic carbocycles. The largest absolute Gasteiger partial charge is 0.497 e. The number of anilines is 1. The number of para-hydroxylation sites is 1. The minimum atomic E-state index is -0.474. The Morgan fingerprint density at radius 1 is 1.06 bits per heavy atom. The van der Waals surface area contributed by atoms with Crippen LogP contribution in [0.15, 0.2) is 48.5 Å². The van der Waals surface area contributed by atoms with Gasteiger partial charge in [0.05, 0.1) is 26.2 Å². The summed E-state index contributed by atoms with van der Waals surface area (Å²) in [5, 5.41) is 0. The standard InChI is InChI=1S/C25H32N2O5/c1-26(16-7-17-30-2)25(29)21-14-15-23(28)27(18-10-12-19(31-3)13-11-18)24(21)20-8-5-6-9-22(20)32-4/h5-6,8-13,21,24H,7,14-17H2,1-4H3. The number of carbonyl (C=O) groups excluding carboxylic acids is 2. The predicted molar refractivity (Wildman–Crippen MR) is 123 cm³/mol. The first-order chi connectivity index (χ1) is 15.5. The third-order valence-electron chi connectivity index (χ3n) is 5.94. The summed E-state index contributed by atoms with van der Waals surface area (Å²) in [4.78, 5) is 30.2. The Labute approximate surface area is 189 Å². The second-order valence-corrected chi connectivity index (χ2v) is 7.90. The van der Waals surface area contributed by atoms with Crippen molar-refractivity contribution in [2.75, 3.05) is 46.4 Å². The number of nitrogens with zero attached hydrogens (tertiary/aromatic N) is 2. The lowest BCUT2D eigenvalue weighted by Gasteiger charge is -2.42. The fraction of sp³-hybridized carbons (Fsp3) is 0.440. The highest BCUT2D eigenvalue weighted by molar-refractivity contribution is 5.97. The lowest BCUT2D eigenvalue weighted by atomic mass is 9.82. The maximum Gasteiger partial charge on any atom is 0.227 e. The number of hydrogen-bond acceptors (Lipinski definition) is 5. The second-order valence-electron chi connectivity index (χ2n) is 7.90. The van der Waals surface area contributed by atoms with Gasteiger partial charge in [-0.05, 0) is 43.2 Å². The van der Waals surface area contributed by atoms with Gasteiger partial charge in [-0.3, -0.25) is 9.59 Å². The number of piperidine rings is 1. The summed E-state index contributed by atoms with van der Waals surface area (Å²) >= 11 is 0. The molecule has 0 aliphatic carbocycles. The molecule has 0 N–H and O–H groups in total. The molecule has 3 rings (SSSR count). The first-order valence-electron chi connectivity index (χ1n) is 10.8. The monoisotopic (exact) mass is 440 g/mol. The lowest BCUT2D eigenvalue weighted by Crippen LogP contribution is -2.49. The van der Waals surface area contributed by atoms with Crippen molar-refractivity contribution in [1.82, 2.24) is 4.90 Å². The Morgan fingerprint density at radius 2 is 1.78 bits per heavy atom. The second kappa shape index (κ2) is 11.0. The molecule has 0 spiro atoms. The summed E-state index contributed by atoms with van der Waals surface area (Å²) in [5.41, 5.74) is 1.55. The quantitative estimate of drug-likeness (QED) is 0.557. The van der Waals surface area contributed by atoms with Crippen LogP contribution in [0, 0.1) is 5.92 Å². The molecule has 1 saturated heterocycles. The van der Waals surface area contributed by atoms with Crippen LogP contribution in [-0.2, 0) is 14.3 Å². The van der Waals surface area contributed by atoms with Gasteiger partial charge in [-0.2, -0.15) is 0 Å². The van der Waals surface area contributed by atoms with Crippen LogP contribution in [0.3, 0.4) is 0 Å². The van der Waals surface area contributed by atoms with Crippen LogP contribution >= 0.6 is 0 Å². The van der Waals surface area contributed by atoms with E-state index in [0.29, 0.717) is 37.5 Å². The van der Waals surface area contributed by atoms with Gasteiger partial charge in [0, 0.05) is 45.0 Å². The zero-order valence-electron chi connectivity index (χ0n) is 19.2. The maximum absolute atomic E-state index is 13.5. The zero-order valence-corrected chi connectivity index (χ0v) is 19.2. The number of ether oxygens (including phenoxy) is 3. The van der Waals surface area contributed by atoms with Gasteiger partial charge >= 0.3 is 0 Å². The van der Waals surface area contributed by atoms with Crippen LogP contribution < -0.4 is 14.4 Å². The van der Waals surface area contributed by atoms with E-state index in [0.717, 1.165) is 17.7 Å². The topological polar surface area (TPSA) is 68.3 Å². The maximum atomic E-state index is 13.5. The molecular formula is C25H32N2O5. The molecule has 32 heavy (non-hydrogen) atoms. The van der Waals surface area contributed by atoms with Gasteiger partial charge < -0.3 is 24.0 Å². The Bertz CT molecular complexity index is 915. The van der Waals surface area contributed by atoms with Gasteiger partial charge in [0.1, 0.15) is 11.5 Å². The molecule has 2 atom stereocenters. The van der Waals surface area contributed by atoms with E-state index in [2.05, 4.69) is 0 Å². The van der Waals surface area contributed by atoms with E-state index in [1.807, 2.05) is 55.6 Å². The van der Waals surface area contributed by atoms with Crippen LogP contribution in [0.1, 0.15) is 30.9 Å². The molecule has 1 aliphatic heterocycles. The highest BCUT2D eigenvalue weighted by atomic mass is 16.5. The molecule has 1 fully saturated rings. The summed E-state index contributed by atoms with van der Waals surface area (Å²) in [6, 6.07) is 14.5. The zero-order chi connectivity index (χ0) is 23.1. The molecule has 0 bridgehead atoms. The summed E-state index contributed by atoms with van der Waals surface area (Å²) in [6.07, 6.45) is 1.55. The fourth-order valence-electron chi connectivity index (χ4n) is 4.30. The molecule has 2 unspecified atom stereocenters. The van der Waals surface area contributed by atoms with Crippen molar-refractivity contribution in [2.45, 2.75) is 25.3 Å². The van der Waals surface area contributed by atoms with Crippen molar-refractivity contribution in [1.29, 1.82) is 0 Å². The van der Waals surface area contributed by atoms with E-state index in [9.17, 15) is 9.59 Å². The van der Waals surface area contributed by atoms with Crippen molar-refractivity contribution in [3.63, 3.8) is 0 Å². The third-order valence-corrected chi connectivity index (χ3v) is 5.94. The number of hydrogen-bond donors (Lipinski definition) is 0. The normalized spacial score (nSPS) is 18.4. The molecule has 7 heteroatoms. The first-order valence-corrected chi connectivity index (χ1v) is 10.8. The average molecular weight is 441 g/mol. The number of amides is 2. The van der Waals surface area contributed by atoms with Crippen molar-refractivity contribution in [3.05, 3.63) is 54.1 Å². The fourth-order valence-corrected chi connectivity index (χ4v) is 4.30. The molecule has 0 aromatic heterocycles. The van der Waals surface area contributed by atoms with Crippen molar-refractivity contribution < 1.29 is 23.8 Å². The lowest BCUT2D eigenvalue weighted by molar-refractivity contribution is -0.137. The highest BCUT2D eigenvalue weighted by Gasteiger charge is 2.43. The molecule has 2 amide bonds. The first kappa shape index (κ1) is 23.6. The van der Waals surface area contributed by atoms with E-state index in [-0.39, 0.29) is 11.8 Å². The minimum absolute atomic E-state index is 0.0165. The Morgan fingerprint density at radius 3 is 2.44 bits per heavy atom. The molecule has 7 nitrogen and oxygen atoms in total.